The summed E-state index contributed by atoms with van der Waals surface area (Å²) in [7, 11) is 1.89. The van der Waals surface area contributed by atoms with Crippen LogP contribution in [0.5, 0.6) is 0 Å². The zero-order valence-electron chi connectivity index (χ0n) is 14.7. The first-order valence-corrected chi connectivity index (χ1v) is 8.98. The number of benzene rings is 1. The molecule has 3 aromatic heterocycles. The molecule has 0 aliphatic heterocycles. The monoisotopic (exact) mass is 363 g/mol. The van der Waals surface area contributed by atoms with Gasteiger partial charge in [-0.3, -0.25) is 19.4 Å². The maximum absolute atomic E-state index is 13.2. The second-order valence-corrected chi connectivity index (χ2v) is 7.15. The summed E-state index contributed by atoms with van der Waals surface area (Å²) in [5.41, 5.74) is 3.68. The molecule has 0 aliphatic rings. The fraction of sp³-hybridized carbons (Fsp3) is 0.158. The Balaban J connectivity index is 1.91. The second kappa shape index (κ2) is 6.34. The lowest BCUT2D eigenvalue weighted by Crippen LogP contribution is -2.20. The highest BCUT2D eigenvalue weighted by Gasteiger charge is 2.22. The number of rotatable bonds is 3. The summed E-state index contributed by atoms with van der Waals surface area (Å²) in [6.45, 7) is 3.92. The summed E-state index contributed by atoms with van der Waals surface area (Å²) < 4.78 is 3.54. The van der Waals surface area contributed by atoms with Crippen molar-refractivity contribution in [1.29, 1.82) is 0 Å². The minimum atomic E-state index is -0.0738. The average Bonchev–Trinajstić information content (AvgIpc) is 3.14. The molecule has 4 aromatic rings. The molecule has 0 amide bonds. The maximum atomic E-state index is 13.2. The van der Waals surface area contributed by atoms with Crippen LogP contribution in [0.1, 0.15) is 10.6 Å². The van der Waals surface area contributed by atoms with Crippen LogP contribution in [0.3, 0.4) is 0 Å². The predicted molar refractivity (Wildman–Crippen MR) is 103 cm³/mol. The third-order valence-corrected chi connectivity index (χ3v) is 5.36. The summed E-state index contributed by atoms with van der Waals surface area (Å²) >= 11 is 1.52. The Bertz CT molecular complexity index is 1130. The summed E-state index contributed by atoms with van der Waals surface area (Å²) in [5.74, 6) is 0. The predicted octanol–water partition coefficient (Wildman–Crippen LogP) is 3.37. The van der Waals surface area contributed by atoms with E-state index in [0.29, 0.717) is 17.0 Å². The van der Waals surface area contributed by atoms with E-state index in [2.05, 4.69) is 9.97 Å². The van der Waals surface area contributed by atoms with Gasteiger partial charge in [-0.1, -0.05) is 18.2 Å². The van der Waals surface area contributed by atoms with Gasteiger partial charge in [0.25, 0.3) is 5.56 Å². The van der Waals surface area contributed by atoms with Gasteiger partial charge in [0.1, 0.15) is 10.7 Å². The fourth-order valence-electron chi connectivity index (χ4n) is 2.99. The van der Waals surface area contributed by atoms with E-state index in [1.807, 2.05) is 55.9 Å². The lowest BCUT2D eigenvalue weighted by atomic mass is 10.1. The van der Waals surface area contributed by atoms with E-state index < -0.39 is 0 Å². The molecule has 0 fully saturated rings. The summed E-state index contributed by atoms with van der Waals surface area (Å²) in [5, 5.41) is 0.763. The van der Waals surface area contributed by atoms with Gasteiger partial charge in [-0.15, -0.1) is 11.3 Å². The molecular formula is C19H17N5OS. The van der Waals surface area contributed by atoms with Gasteiger partial charge in [0.05, 0.1) is 23.1 Å². The number of aryl methyl sites for hydroxylation is 1. The molecule has 3 heterocycles. The summed E-state index contributed by atoms with van der Waals surface area (Å²) in [6, 6.07) is 9.62. The van der Waals surface area contributed by atoms with E-state index in [9.17, 15) is 4.79 Å². The van der Waals surface area contributed by atoms with E-state index in [0.717, 1.165) is 21.3 Å². The molecule has 0 spiro atoms. The van der Waals surface area contributed by atoms with Crippen LogP contribution in [0.4, 0.5) is 0 Å². The molecule has 0 N–H and O–H groups in total. The van der Waals surface area contributed by atoms with Crippen molar-refractivity contribution >= 4 is 11.3 Å². The van der Waals surface area contributed by atoms with Crippen LogP contribution in [-0.2, 0) is 7.05 Å². The second-order valence-electron chi connectivity index (χ2n) is 5.95. The first-order chi connectivity index (χ1) is 12.6. The van der Waals surface area contributed by atoms with Crippen LogP contribution in [0.2, 0.25) is 0 Å². The van der Waals surface area contributed by atoms with E-state index in [1.54, 1.807) is 23.3 Å². The van der Waals surface area contributed by atoms with E-state index in [4.69, 9.17) is 4.98 Å². The van der Waals surface area contributed by atoms with Gasteiger partial charge in [-0.25, -0.2) is 9.67 Å². The summed E-state index contributed by atoms with van der Waals surface area (Å²) in [6.07, 6.45) is 4.95. The Morgan fingerprint density at radius 2 is 1.85 bits per heavy atom. The quantitative estimate of drug-likeness (QED) is 0.560. The zero-order chi connectivity index (χ0) is 18.3. The fourth-order valence-corrected chi connectivity index (χ4v) is 3.87. The molecule has 0 atom stereocenters. The maximum Gasteiger partial charge on any atom is 0.281 e. The van der Waals surface area contributed by atoms with Crippen molar-refractivity contribution in [2.45, 2.75) is 13.8 Å². The molecule has 0 bridgehead atoms. The number of thiazole rings is 1. The minimum Gasteiger partial charge on any atom is -0.285 e. The average molecular weight is 363 g/mol. The van der Waals surface area contributed by atoms with Crippen molar-refractivity contribution in [1.82, 2.24) is 24.3 Å². The molecule has 7 heteroatoms. The van der Waals surface area contributed by atoms with Gasteiger partial charge in [-0.2, -0.15) is 0 Å². The third-order valence-electron chi connectivity index (χ3n) is 4.37. The smallest absolute Gasteiger partial charge is 0.281 e. The highest BCUT2D eigenvalue weighted by atomic mass is 32.1. The van der Waals surface area contributed by atoms with Gasteiger partial charge in [0.15, 0.2) is 0 Å². The van der Waals surface area contributed by atoms with Gasteiger partial charge in [0.2, 0.25) is 0 Å². The highest BCUT2D eigenvalue weighted by Crippen LogP contribution is 2.32. The number of nitrogens with zero attached hydrogens (tertiary/aromatic N) is 5. The largest absolute Gasteiger partial charge is 0.285 e. The molecular weight excluding hydrogens is 346 g/mol. The van der Waals surface area contributed by atoms with Gasteiger partial charge in [0, 0.05) is 30.0 Å². The van der Waals surface area contributed by atoms with Crippen molar-refractivity contribution in [3.8, 4) is 27.6 Å². The van der Waals surface area contributed by atoms with E-state index >= 15 is 0 Å². The summed E-state index contributed by atoms with van der Waals surface area (Å²) in [4.78, 5) is 27.3. The van der Waals surface area contributed by atoms with E-state index in [-0.39, 0.29) is 5.56 Å². The Morgan fingerprint density at radius 3 is 2.54 bits per heavy atom. The number of hydrogen-bond acceptors (Lipinski definition) is 5. The Hall–Kier alpha value is -3.06. The molecule has 4 rings (SSSR count). The Morgan fingerprint density at radius 1 is 1.08 bits per heavy atom. The standard InChI is InChI=1S/C19H17N5OS/c1-12-16(19(25)24(23(12)3)14-7-5-4-6-8-14)17-13(2)26-18(22-17)15-11-20-9-10-21-15/h4-11H,1-3H3. The Kier molecular flexibility index (Phi) is 4.00. The molecule has 26 heavy (non-hydrogen) atoms. The number of para-hydroxylation sites is 1. The van der Waals surface area contributed by atoms with Crippen molar-refractivity contribution in [2.24, 2.45) is 7.05 Å². The van der Waals surface area contributed by atoms with Crippen molar-refractivity contribution in [2.75, 3.05) is 0 Å². The van der Waals surface area contributed by atoms with Crippen LogP contribution in [-0.4, -0.2) is 24.3 Å². The lowest BCUT2D eigenvalue weighted by Gasteiger charge is -2.07. The minimum absolute atomic E-state index is 0.0738. The van der Waals surface area contributed by atoms with Gasteiger partial charge in [-0.05, 0) is 26.0 Å². The van der Waals surface area contributed by atoms with Gasteiger partial charge < -0.3 is 0 Å². The van der Waals surface area contributed by atoms with Crippen LogP contribution in [0.15, 0.2) is 53.7 Å². The van der Waals surface area contributed by atoms with E-state index in [1.165, 1.54) is 11.3 Å². The molecule has 1 aromatic carbocycles. The normalized spacial score (nSPS) is 11.0. The third kappa shape index (κ3) is 2.57. The van der Waals surface area contributed by atoms with Crippen molar-refractivity contribution < 1.29 is 0 Å². The molecule has 0 saturated carbocycles. The van der Waals surface area contributed by atoms with Crippen LogP contribution in [0, 0.1) is 13.8 Å². The van der Waals surface area contributed by atoms with Crippen molar-refractivity contribution in [3.05, 3.63) is 69.8 Å². The van der Waals surface area contributed by atoms with Crippen molar-refractivity contribution in [3.63, 3.8) is 0 Å². The zero-order valence-corrected chi connectivity index (χ0v) is 15.5. The molecule has 0 saturated heterocycles. The number of aromatic nitrogens is 5. The number of hydrogen-bond donors (Lipinski definition) is 0. The molecule has 130 valence electrons. The lowest BCUT2D eigenvalue weighted by molar-refractivity contribution is 0.630. The molecule has 0 radical (unpaired) electrons. The highest BCUT2D eigenvalue weighted by molar-refractivity contribution is 7.15. The first-order valence-electron chi connectivity index (χ1n) is 8.16. The topological polar surface area (TPSA) is 65.6 Å². The Labute approximate surface area is 154 Å². The molecule has 0 unspecified atom stereocenters. The van der Waals surface area contributed by atoms with Crippen LogP contribution < -0.4 is 5.56 Å². The molecule has 0 aliphatic carbocycles. The van der Waals surface area contributed by atoms with Crippen LogP contribution >= 0.6 is 11.3 Å². The van der Waals surface area contributed by atoms with Gasteiger partial charge >= 0.3 is 0 Å². The molecule has 6 nitrogen and oxygen atoms in total. The van der Waals surface area contributed by atoms with Crippen LogP contribution in [0.25, 0.3) is 27.6 Å². The first kappa shape index (κ1) is 16.4. The SMILES string of the molecule is Cc1sc(-c2cnccn2)nc1-c1c(C)n(C)n(-c2ccccc2)c1=O.